The van der Waals surface area contributed by atoms with Crippen LogP contribution in [0.15, 0.2) is 28.0 Å². The number of aromatic nitrogens is 2. The van der Waals surface area contributed by atoms with Crippen LogP contribution in [0.25, 0.3) is 11.7 Å². The van der Waals surface area contributed by atoms with E-state index in [1.54, 1.807) is 17.2 Å². The first kappa shape index (κ1) is 23.9. The average molecular weight is 487 g/mol. The summed E-state index contributed by atoms with van der Waals surface area (Å²) in [6, 6.07) is 3.91. The number of ether oxygens (including phenoxy) is 1. The lowest BCUT2D eigenvalue weighted by Crippen LogP contribution is -2.39. The lowest BCUT2D eigenvalue weighted by molar-refractivity contribution is -0.124. The maximum absolute atomic E-state index is 13.4. The minimum absolute atomic E-state index is 0.104. The van der Waals surface area contributed by atoms with E-state index in [1.165, 1.54) is 22.6 Å². The number of thioether (sulfide) groups is 1. The minimum Gasteiger partial charge on any atom is -0.382 e. The monoisotopic (exact) mass is 486 g/mol. The number of aryl methyl sites for hydroxylation is 1. The van der Waals surface area contributed by atoms with Crippen LogP contribution >= 0.6 is 24.0 Å². The van der Waals surface area contributed by atoms with Crippen molar-refractivity contribution in [1.29, 1.82) is 0 Å². The van der Waals surface area contributed by atoms with Crippen LogP contribution in [0.5, 0.6) is 0 Å². The fourth-order valence-electron chi connectivity index (χ4n) is 4.31. The van der Waals surface area contributed by atoms with Gasteiger partial charge < -0.3 is 10.1 Å². The van der Waals surface area contributed by atoms with Crippen molar-refractivity contribution in [2.45, 2.75) is 58.4 Å². The molecule has 3 heterocycles. The molecular weight excluding hydrogens is 456 g/mol. The van der Waals surface area contributed by atoms with Crippen molar-refractivity contribution in [1.82, 2.24) is 14.3 Å². The van der Waals surface area contributed by atoms with Crippen LogP contribution in [0.1, 0.15) is 56.6 Å². The van der Waals surface area contributed by atoms with E-state index in [4.69, 9.17) is 17.0 Å². The fourth-order valence-corrected chi connectivity index (χ4v) is 5.70. The highest BCUT2D eigenvalue weighted by Crippen LogP contribution is 2.37. The van der Waals surface area contributed by atoms with Crippen LogP contribution in [0.4, 0.5) is 5.82 Å². The van der Waals surface area contributed by atoms with Gasteiger partial charge in [-0.05, 0) is 50.8 Å². The Kier molecular flexibility index (Phi) is 7.82. The molecule has 9 heteroatoms. The molecule has 2 fully saturated rings. The summed E-state index contributed by atoms with van der Waals surface area (Å²) in [4.78, 5) is 33.6. The Morgan fingerprint density at radius 1 is 1.27 bits per heavy atom. The molecule has 33 heavy (non-hydrogen) atoms. The molecule has 1 saturated heterocycles. The molecule has 0 bridgehead atoms. The summed E-state index contributed by atoms with van der Waals surface area (Å²) >= 11 is 6.84. The third-order valence-electron chi connectivity index (χ3n) is 6.01. The van der Waals surface area contributed by atoms with Crippen molar-refractivity contribution in [3.05, 3.63) is 44.7 Å². The standard InChI is InChI=1S/C24H30N4O3S2/c1-3-31-13-7-12-25-21-18(22(29)27-15-16(2)10-11-20(27)26-21)14-19-23(30)28(24(32)33-19)17-8-5-4-6-9-17/h10-11,14-15,17,25H,3-9,12-13H2,1-2H3. The average Bonchev–Trinajstić information content (AvgIpc) is 3.09. The largest absolute Gasteiger partial charge is 0.382 e. The second kappa shape index (κ2) is 10.8. The highest BCUT2D eigenvalue weighted by molar-refractivity contribution is 8.26. The van der Waals surface area contributed by atoms with Gasteiger partial charge >= 0.3 is 0 Å². The predicted molar refractivity (Wildman–Crippen MR) is 138 cm³/mol. The normalized spacial score (nSPS) is 18.6. The number of amides is 1. The van der Waals surface area contributed by atoms with Crippen LogP contribution in [-0.4, -0.2) is 50.3 Å². The number of thiocarbonyl (C=S) groups is 1. The Balaban J connectivity index is 1.68. The molecule has 0 spiro atoms. The number of fused-ring (bicyclic) bond motifs is 1. The zero-order chi connectivity index (χ0) is 23.4. The number of nitrogens with zero attached hydrogens (tertiary/aromatic N) is 3. The van der Waals surface area contributed by atoms with Crippen molar-refractivity contribution >= 4 is 51.7 Å². The topological polar surface area (TPSA) is 75.9 Å². The second-order valence-electron chi connectivity index (χ2n) is 8.43. The Morgan fingerprint density at radius 2 is 2.06 bits per heavy atom. The number of nitrogens with one attached hydrogen (secondary N) is 1. The summed E-state index contributed by atoms with van der Waals surface area (Å²) < 4.78 is 7.52. The summed E-state index contributed by atoms with van der Waals surface area (Å²) in [5.74, 6) is 0.372. The quantitative estimate of drug-likeness (QED) is 0.337. The number of hydrogen-bond acceptors (Lipinski definition) is 7. The summed E-state index contributed by atoms with van der Waals surface area (Å²) in [6.07, 6.45) is 9.62. The lowest BCUT2D eigenvalue weighted by atomic mass is 9.94. The van der Waals surface area contributed by atoms with Gasteiger partial charge in [-0.1, -0.05) is 49.3 Å². The Morgan fingerprint density at radius 3 is 2.82 bits per heavy atom. The predicted octanol–water partition coefficient (Wildman–Crippen LogP) is 4.38. The number of hydrogen-bond donors (Lipinski definition) is 1. The minimum atomic E-state index is -0.209. The van der Waals surface area contributed by atoms with Gasteiger partial charge in [-0.2, -0.15) is 0 Å². The summed E-state index contributed by atoms with van der Waals surface area (Å²) in [7, 11) is 0. The molecule has 7 nitrogen and oxygen atoms in total. The molecule has 4 rings (SSSR count). The van der Waals surface area contributed by atoms with Crippen molar-refractivity contribution in [3.8, 4) is 0 Å². The first-order valence-electron chi connectivity index (χ1n) is 11.6. The van der Waals surface area contributed by atoms with E-state index in [-0.39, 0.29) is 17.5 Å². The van der Waals surface area contributed by atoms with Crippen LogP contribution < -0.4 is 10.9 Å². The van der Waals surface area contributed by atoms with Crippen LogP contribution in [0.2, 0.25) is 0 Å². The summed E-state index contributed by atoms with van der Waals surface area (Å²) in [5, 5.41) is 3.28. The molecule has 0 unspecified atom stereocenters. The zero-order valence-corrected chi connectivity index (χ0v) is 20.8. The van der Waals surface area contributed by atoms with E-state index in [0.717, 1.165) is 37.7 Å². The van der Waals surface area contributed by atoms with Crippen molar-refractivity contribution in [2.24, 2.45) is 0 Å². The molecular formula is C24H30N4O3S2. The number of carbonyl (C=O) groups excluding carboxylic acids is 1. The molecule has 1 aliphatic carbocycles. The molecule has 1 aliphatic heterocycles. The highest BCUT2D eigenvalue weighted by Gasteiger charge is 2.37. The third kappa shape index (κ3) is 5.31. The Bertz CT molecular complexity index is 1140. The SMILES string of the molecule is CCOCCCNc1nc2ccc(C)cn2c(=O)c1C=C1SC(=S)N(C2CCCCC2)C1=O. The number of anilines is 1. The van der Waals surface area contributed by atoms with Gasteiger partial charge in [-0.3, -0.25) is 18.9 Å². The van der Waals surface area contributed by atoms with Gasteiger partial charge in [0, 0.05) is 32.0 Å². The molecule has 1 saturated carbocycles. The fraction of sp³-hybridized carbons (Fsp3) is 0.500. The smallest absolute Gasteiger partial charge is 0.267 e. The molecule has 2 aliphatic rings. The van der Waals surface area contributed by atoms with Gasteiger partial charge in [0.1, 0.15) is 15.8 Å². The first-order chi connectivity index (χ1) is 16.0. The van der Waals surface area contributed by atoms with E-state index in [9.17, 15) is 9.59 Å². The zero-order valence-electron chi connectivity index (χ0n) is 19.1. The van der Waals surface area contributed by atoms with Gasteiger partial charge in [0.05, 0.1) is 10.5 Å². The van der Waals surface area contributed by atoms with Gasteiger partial charge in [0.15, 0.2) is 0 Å². The van der Waals surface area contributed by atoms with E-state index >= 15 is 0 Å². The Hall–Kier alpha value is -2.23. The van der Waals surface area contributed by atoms with Crippen LogP contribution in [0, 0.1) is 6.92 Å². The highest BCUT2D eigenvalue weighted by atomic mass is 32.2. The molecule has 0 atom stereocenters. The number of rotatable bonds is 8. The molecule has 0 radical (unpaired) electrons. The summed E-state index contributed by atoms with van der Waals surface area (Å²) in [6.45, 7) is 5.80. The van der Waals surface area contributed by atoms with E-state index in [0.29, 0.717) is 46.0 Å². The number of carbonyl (C=O) groups is 1. The summed E-state index contributed by atoms with van der Waals surface area (Å²) in [5.41, 5.74) is 1.68. The van der Waals surface area contributed by atoms with E-state index in [2.05, 4.69) is 10.3 Å². The van der Waals surface area contributed by atoms with E-state index < -0.39 is 0 Å². The van der Waals surface area contributed by atoms with Crippen molar-refractivity contribution in [3.63, 3.8) is 0 Å². The molecule has 1 N–H and O–H groups in total. The lowest BCUT2D eigenvalue weighted by Gasteiger charge is -2.29. The van der Waals surface area contributed by atoms with Gasteiger partial charge in [-0.25, -0.2) is 4.98 Å². The molecule has 2 aromatic rings. The van der Waals surface area contributed by atoms with E-state index in [1.807, 2.05) is 26.0 Å². The first-order valence-corrected chi connectivity index (χ1v) is 12.8. The van der Waals surface area contributed by atoms with Gasteiger partial charge in [-0.15, -0.1) is 0 Å². The third-order valence-corrected chi connectivity index (χ3v) is 7.34. The van der Waals surface area contributed by atoms with Crippen molar-refractivity contribution in [2.75, 3.05) is 25.1 Å². The molecule has 2 aromatic heterocycles. The Labute approximate surface area is 203 Å². The molecule has 176 valence electrons. The molecule has 1 amide bonds. The maximum Gasteiger partial charge on any atom is 0.267 e. The van der Waals surface area contributed by atoms with Gasteiger partial charge in [0.25, 0.3) is 11.5 Å². The van der Waals surface area contributed by atoms with Crippen LogP contribution in [-0.2, 0) is 9.53 Å². The maximum atomic E-state index is 13.4. The number of pyridine rings is 1. The van der Waals surface area contributed by atoms with Crippen LogP contribution in [0.3, 0.4) is 0 Å². The van der Waals surface area contributed by atoms with Gasteiger partial charge in [0.2, 0.25) is 0 Å². The second-order valence-corrected chi connectivity index (χ2v) is 10.1. The van der Waals surface area contributed by atoms with Crippen molar-refractivity contribution < 1.29 is 9.53 Å². The molecule has 0 aromatic carbocycles.